The summed E-state index contributed by atoms with van der Waals surface area (Å²) in [5.41, 5.74) is 2.29. The van der Waals surface area contributed by atoms with Crippen molar-refractivity contribution in [1.29, 1.82) is 0 Å². The van der Waals surface area contributed by atoms with E-state index < -0.39 is 0 Å². The summed E-state index contributed by atoms with van der Waals surface area (Å²) in [5, 5.41) is 4.71. The molecule has 0 saturated carbocycles. The van der Waals surface area contributed by atoms with Gasteiger partial charge in [-0.3, -0.25) is 9.79 Å². The van der Waals surface area contributed by atoms with Crippen LogP contribution in [0, 0.1) is 0 Å². The van der Waals surface area contributed by atoms with E-state index in [0.717, 1.165) is 17.2 Å². The molecule has 0 bridgehead atoms. The molecular weight excluding hydrogens is 308 g/mol. The minimum absolute atomic E-state index is 0.0522. The van der Waals surface area contributed by atoms with Crippen molar-refractivity contribution in [1.82, 2.24) is 15.2 Å². The molecule has 2 N–H and O–H groups in total. The summed E-state index contributed by atoms with van der Waals surface area (Å²) in [6.45, 7) is 3.68. The number of likely N-dealkylation sites (N-methyl/N-ethyl adjacent to an activating group) is 1. The number of hydrogen-bond donors (Lipinski definition) is 2. The monoisotopic (exact) mass is 330 g/mol. The zero-order valence-corrected chi connectivity index (χ0v) is 14.5. The largest absolute Gasteiger partial charge is 0.361 e. The number of nitrogens with one attached hydrogen (secondary N) is 2. The van der Waals surface area contributed by atoms with Crippen LogP contribution >= 0.6 is 11.8 Å². The fourth-order valence-corrected chi connectivity index (χ4v) is 3.85. The Kier molecular flexibility index (Phi) is 4.73. The Morgan fingerprint density at radius 1 is 1.35 bits per heavy atom. The van der Waals surface area contributed by atoms with Crippen LogP contribution in [0.4, 0.5) is 0 Å². The molecule has 1 fully saturated rings. The van der Waals surface area contributed by atoms with Gasteiger partial charge < -0.3 is 15.2 Å². The molecule has 0 aliphatic carbocycles. The number of aromatic nitrogens is 1. The molecule has 1 aliphatic heterocycles. The van der Waals surface area contributed by atoms with Crippen LogP contribution in [0.2, 0.25) is 0 Å². The fraction of sp³-hybridized carbons (Fsp3) is 0.412. The number of amidine groups is 1. The molecule has 2 heterocycles. The maximum Gasteiger partial charge on any atom is 0.240 e. The van der Waals surface area contributed by atoms with E-state index in [1.54, 1.807) is 11.8 Å². The highest BCUT2D eigenvalue weighted by Gasteiger charge is 2.36. The third-order valence-electron chi connectivity index (χ3n) is 4.10. The van der Waals surface area contributed by atoms with E-state index in [-0.39, 0.29) is 17.1 Å². The number of aliphatic imine (C=N–C) groups is 1. The van der Waals surface area contributed by atoms with Gasteiger partial charge in [0.25, 0.3) is 0 Å². The topological polar surface area (TPSA) is 60.5 Å². The van der Waals surface area contributed by atoms with Crippen molar-refractivity contribution in [3.63, 3.8) is 0 Å². The molecule has 5 nitrogen and oxygen atoms in total. The molecule has 2 aromatic rings. The molecule has 1 aromatic carbocycles. The molecular formula is C17H22N4OS. The Balaban J connectivity index is 1.75. The van der Waals surface area contributed by atoms with E-state index in [1.807, 2.05) is 32.4 Å². The standard InChI is InChI=1S/C17H22N4OS/c1-11(13-10-19-14-7-5-4-6-12(13)14)15-16(22)20-17(23-15)18-8-9-21(2)3/h4-7,10-11,15,19H,8-9H2,1-3H3,(H,18,20,22)/t11-,15+/m1/s1. The van der Waals surface area contributed by atoms with Gasteiger partial charge in [0.05, 0.1) is 11.8 Å². The predicted molar refractivity (Wildman–Crippen MR) is 97.1 cm³/mol. The summed E-state index contributed by atoms with van der Waals surface area (Å²) in [6, 6.07) is 8.20. The van der Waals surface area contributed by atoms with E-state index in [4.69, 9.17) is 0 Å². The number of H-pyrrole nitrogens is 1. The summed E-state index contributed by atoms with van der Waals surface area (Å²) >= 11 is 1.54. The second kappa shape index (κ2) is 6.76. The number of para-hydroxylation sites is 1. The minimum Gasteiger partial charge on any atom is -0.361 e. The molecule has 0 spiro atoms. The zero-order chi connectivity index (χ0) is 16.4. The lowest BCUT2D eigenvalue weighted by Crippen LogP contribution is -2.28. The molecule has 1 amide bonds. The Morgan fingerprint density at radius 3 is 2.91 bits per heavy atom. The van der Waals surface area contributed by atoms with Crippen molar-refractivity contribution in [3.05, 3.63) is 36.0 Å². The molecule has 1 aliphatic rings. The van der Waals surface area contributed by atoms with Gasteiger partial charge in [-0.2, -0.15) is 0 Å². The van der Waals surface area contributed by atoms with Crippen LogP contribution in [0.1, 0.15) is 18.4 Å². The predicted octanol–water partition coefficient (Wildman–Crippen LogP) is 2.42. The first-order valence-corrected chi connectivity index (χ1v) is 8.67. The number of thioether (sulfide) groups is 1. The van der Waals surface area contributed by atoms with Gasteiger partial charge in [0.1, 0.15) is 0 Å². The van der Waals surface area contributed by atoms with Gasteiger partial charge in [0.15, 0.2) is 5.17 Å². The summed E-state index contributed by atoms with van der Waals surface area (Å²) in [7, 11) is 4.03. The van der Waals surface area contributed by atoms with Crippen molar-refractivity contribution in [2.45, 2.75) is 18.1 Å². The third kappa shape index (κ3) is 3.43. The summed E-state index contributed by atoms with van der Waals surface area (Å²) in [6.07, 6.45) is 2.02. The molecule has 0 unspecified atom stereocenters. The van der Waals surface area contributed by atoms with Gasteiger partial charge in [-0.1, -0.05) is 36.9 Å². The fourth-order valence-electron chi connectivity index (χ4n) is 2.77. The number of nitrogens with zero attached hydrogens (tertiary/aromatic N) is 2. The lowest BCUT2D eigenvalue weighted by Gasteiger charge is -2.14. The smallest absolute Gasteiger partial charge is 0.240 e. The van der Waals surface area contributed by atoms with Gasteiger partial charge in [-0.05, 0) is 25.7 Å². The highest BCUT2D eigenvalue weighted by molar-refractivity contribution is 8.15. The maximum absolute atomic E-state index is 12.3. The van der Waals surface area contributed by atoms with Gasteiger partial charge in [0.2, 0.25) is 5.91 Å². The lowest BCUT2D eigenvalue weighted by atomic mass is 9.96. The van der Waals surface area contributed by atoms with E-state index in [2.05, 4.69) is 39.2 Å². The van der Waals surface area contributed by atoms with Crippen molar-refractivity contribution in [2.24, 2.45) is 4.99 Å². The van der Waals surface area contributed by atoms with Gasteiger partial charge in [-0.25, -0.2) is 0 Å². The summed E-state index contributed by atoms with van der Waals surface area (Å²) in [4.78, 5) is 22.2. The van der Waals surface area contributed by atoms with Crippen molar-refractivity contribution < 1.29 is 4.79 Å². The molecule has 1 aromatic heterocycles. The lowest BCUT2D eigenvalue weighted by molar-refractivity contribution is -0.119. The van der Waals surface area contributed by atoms with E-state index in [0.29, 0.717) is 6.54 Å². The number of hydrogen-bond acceptors (Lipinski definition) is 4. The van der Waals surface area contributed by atoms with Crippen molar-refractivity contribution in [2.75, 3.05) is 27.2 Å². The first-order chi connectivity index (χ1) is 11.1. The second-order valence-electron chi connectivity index (χ2n) is 6.10. The first-order valence-electron chi connectivity index (χ1n) is 7.79. The zero-order valence-electron chi connectivity index (χ0n) is 13.7. The Morgan fingerprint density at radius 2 is 2.13 bits per heavy atom. The highest BCUT2D eigenvalue weighted by Crippen LogP contribution is 2.35. The van der Waals surface area contributed by atoms with Crippen molar-refractivity contribution in [3.8, 4) is 0 Å². The SMILES string of the molecule is C[C@H](c1c[nH]c2ccccc12)[C@@H]1SC(=NCCN(C)C)NC1=O. The van der Waals surface area contributed by atoms with Crippen LogP contribution < -0.4 is 5.32 Å². The molecule has 6 heteroatoms. The molecule has 2 atom stereocenters. The average Bonchev–Trinajstić information content (AvgIpc) is 3.10. The Bertz CT molecular complexity index is 737. The molecule has 1 saturated heterocycles. The summed E-state index contributed by atoms with van der Waals surface area (Å²) in [5.74, 6) is 0.175. The van der Waals surface area contributed by atoms with Gasteiger partial charge in [0, 0.05) is 29.6 Å². The van der Waals surface area contributed by atoms with E-state index in [1.165, 1.54) is 10.9 Å². The molecule has 0 radical (unpaired) electrons. The minimum atomic E-state index is -0.132. The Hall–Kier alpha value is -1.79. The molecule has 23 heavy (non-hydrogen) atoms. The average molecular weight is 330 g/mol. The quantitative estimate of drug-likeness (QED) is 0.885. The Labute approximate surface area is 140 Å². The van der Waals surface area contributed by atoms with Crippen LogP contribution in [0.5, 0.6) is 0 Å². The maximum atomic E-state index is 12.3. The van der Waals surface area contributed by atoms with Crippen LogP contribution in [-0.4, -0.2) is 53.4 Å². The van der Waals surface area contributed by atoms with E-state index in [9.17, 15) is 4.79 Å². The van der Waals surface area contributed by atoms with Crippen molar-refractivity contribution >= 4 is 33.7 Å². The van der Waals surface area contributed by atoms with Crippen LogP contribution in [0.15, 0.2) is 35.5 Å². The van der Waals surface area contributed by atoms with Crippen LogP contribution in [0.25, 0.3) is 10.9 Å². The van der Waals surface area contributed by atoms with E-state index >= 15 is 0 Å². The normalized spacial score (nSPS) is 21.3. The molecule has 122 valence electrons. The first kappa shape index (κ1) is 16.1. The summed E-state index contributed by atoms with van der Waals surface area (Å²) < 4.78 is 0. The number of benzene rings is 1. The van der Waals surface area contributed by atoms with Gasteiger partial charge >= 0.3 is 0 Å². The van der Waals surface area contributed by atoms with Crippen LogP contribution in [-0.2, 0) is 4.79 Å². The molecule has 3 rings (SSSR count). The second-order valence-corrected chi connectivity index (χ2v) is 7.23. The number of aromatic amines is 1. The number of rotatable bonds is 5. The number of carbonyl (C=O) groups excluding carboxylic acids is 1. The van der Waals surface area contributed by atoms with Crippen LogP contribution in [0.3, 0.4) is 0 Å². The number of amides is 1. The third-order valence-corrected chi connectivity index (χ3v) is 5.43. The highest BCUT2D eigenvalue weighted by atomic mass is 32.2. The number of carbonyl (C=O) groups is 1. The number of fused-ring (bicyclic) bond motifs is 1. The van der Waals surface area contributed by atoms with Gasteiger partial charge in [-0.15, -0.1) is 0 Å².